The Kier molecular flexibility index (Phi) is 2.12. The molecule has 0 aromatic carbocycles. The zero-order valence-corrected chi connectivity index (χ0v) is 4.37. The smallest absolute Gasteiger partial charge is 0.345 e. The van der Waals surface area contributed by atoms with Crippen LogP contribution in [0.5, 0.6) is 0 Å². The van der Waals surface area contributed by atoms with Crippen molar-refractivity contribution >= 4 is 12.1 Å². The molecule has 7 nitrogen and oxygen atoms in total. The van der Waals surface area contributed by atoms with Gasteiger partial charge in [-0.1, -0.05) is 5.22 Å². The van der Waals surface area contributed by atoms with Crippen LogP contribution in [0.3, 0.4) is 0 Å². The van der Waals surface area contributed by atoms with E-state index in [9.17, 15) is 9.59 Å². The Labute approximate surface area is 50.1 Å². The highest BCUT2D eigenvalue weighted by Crippen LogP contribution is 1.84. The molecule has 0 fully saturated rings. The number of carbonyl (C=O) groups is 2. The summed E-state index contributed by atoms with van der Waals surface area (Å²) in [5, 5.41) is 2.45. The molecule has 50 valence electrons. The van der Waals surface area contributed by atoms with E-state index in [1.807, 2.05) is 0 Å². The lowest BCUT2D eigenvalue weighted by atomic mass is 10.9. The van der Waals surface area contributed by atoms with E-state index in [-0.39, 0.29) is 5.01 Å². The summed E-state index contributed by atoms with van der Waals surface area (Å²) in [6.07, 6.45) is 0. The molecule has 5 N–H and O–H groups in total. The van der Waals surface area contributed by atoms with E-state index >= 15 is 0 Å². The first-order valence-corrected chi connectivity index (χ1v) is 1.86. The van der Waals surface area contributed by atoms with Crippen LogP contribution in [0.1, 0.15) is 0 Å². The summed E-state index contributed by atoms with van der Waals surface area (Å²) in [4.78, 5) is 20.0. The summed E-state index contributed by atoms with van der Waals surface area (Å²) in [5.41, 5.74) is 15.2. The van der Waals surface area contributed by atoms with E-state index in [0.29, 0.717) is 0 Å². The van der Waals surface area contributed by atoms with E-state index < -0.39 is 12.1 Å². The average molecular weight is 131 g/mol. The molecule has 0 bridgehead atoms. The van der Waals surface area contributed by atoms with Crippen molar-refractivity contribution in [3.05, 3.63) is 0 Å². The summed E-state index contributed by atoms with van der Waals surface area (Å²) in [6, 6.07) is -2.34. The third-order valence-electron chi connectivity index (χ3n) is 0.518. The highest BCUT2D eigenvalue weighted by Gasteiger charge is 2.12. The third-order valence-corrected chi connectivity index (χ3v) is 0.518. The summed E-state index contributed by atoms with van der Waals surface area (Å²) in [5.74, 6) is 0. The first-order chi connectivity index (χ1) is 4.09. The molecule has 0 heterocycles. The zero-order chi connectivity index (χ0) is 7.44. The fourth-order valence-corrected chi connectivity index (χ4v) is 0.207. The Bertz CT molecular complexity index is 139. The predicted molar refractivity (Wildman–Crippen MR) is 26.2 cm³/mol. The van der Waals surface area contributed by atoms with Crippen molar-refractivity contribution in [2.45, 2.75) is 0 Å². The van der Waals surface area contributed by atoms with Crippen LogP contribution < -0.4 is 11.5 Å². The number of rotatable bonds is 1. The summed E-state index contributed by atoms with van der Waals surface area (Å²) in [6.45, 7) is 0. The Balaban J connectivity index is 4.16. The van der Waals surface area contributed by atoms with Crippen molar-refractivity contribution in [1.29, 1.82) is 5.53 Å². The molecule has 0 saturated heterocycles. The molecule has 0 atom stereocenters. The maximum absolute atomic E-state index is 10.0. The van der Waals surface area contributed by atoms with Crippen molar-refractivity contribution in [1.82, 2.24) is 5.01 Å². The topological polar surface area (TPSA) is 126 Å². The van der Waals surface area contributed by atoms with Crippen LogP contribution in [0.25, 0.3) is 0 Å². The summed E-state index contributed by atoms with van der Waals surface area (Å²) in [7, 11) is 0. The maximum Gasteiger partial charge on any atom is 0.345 e. The standard InChI is InChI=1S/C2H5N5O2/c3-1(8)7(6-5)2(4)9/h5H,(H2,3,8)(H2,4,9). The number of hydrogen-bond donors (Lipinski definition) is 3. The van der Waals surface area contributed by atoms with Crippen LogP contribution in [-0.2, 0) is 0 Å². The van der Waals surface area contributed by atoms with Crippen LogP contribution in [-0.4, -0.2) is 17.1 Å². The van der Waals surface area contributed by atoms with Crippen LogP contribution in [0.2, 0.25) is 0 Å². The molecule has 0 radical (unpaired) electrons. The number of nitrogens with one attached hydrogen (secondary N) is 1. The van der Waals surface area contributed by atoms with Gasteiger partial charge in [0.1, 0.15) is 0 Å². The Morgan fingerprint density at radius 2 is 1.67 bits per heavy atom. The van der Waals surface area contributed by atoms with Crippen molar-refractivity contribution in [2.75, 3.05) is 0 Å². The zero-order valence-electron chi connectivity index (χ0n) is 4.37. The van der Waals surface area contributed by atoms with Gasteiger partial charge in [-0.25, -0.2) is 9.59 Å². The molecule has 0 aromatic rings. The molecule has 0 aliphatic rings. The van der Waals surface area contributed by atoms with Gasteiger partial charge >= 0.3 is 12.1 Å². The number of nitrogens with two attached hydrogens (primary N) is 2. The van der Waals surface area contributed by atoms with Gasteiger partial charge in [-0.2, -0.15) is 5.53 Å². The molecule has 9 heavy (non-hydrogen) atoms. The van der Waals surface area contributed by atoms with E-state index in [0.717, 1.165) is 0 Å². The van der Waals surface area contributed by atoms with E-state index in [2.05, 4.69) is 16.7 Å². The molecular formula is C2H5N5O2. The summed E-state index contributed by atoms with van der Waals surface area (Å²) < 4.78 is 0. The number of imide groups is 1. The molecule has 0 spiro atoms. The minimum absolute atomic E-state index is 0.0278. The molecule has 4 amide bonds. The second kappa shape index (κ2) is 2.60. The van der Waals surface area contributed by atoms with Gasteiger partial charge in [-0.3, -0.25) is 0 Å². The van der Waals surface area contributed by atoms with Gasteiger partial charge in [0, 0.05) is 0 Å². The predicted octanol–water partition coefficient (Wildman–Crippen LogP) is -0.608. The Hall–Kier alpha value is -1.66. The number of nitrogens with zero attached hydrogens (tertiary/aromatic N) is 2. The maximum atomic E-state index is 10.0. The highest BCUT2D eigenvalue weighted by atomic mass is 16.2. The van der Waals surface area contributed by atoms with Crippen molar-refractivity contribution < 1.29 is 9.59 Å². The molecule has 0 rings (SSSR count). The second-order valence-electron chi connectivity index (χ2n) is 1.09. The van der Waals surface area contributed by atoms with Crippen molar-refractivity contribution in [2.24, 2.45) is 16.7 Å². The van der Waals surface area contributed by atoms with Crippen LogP contribution in [0, 0.1) is 5.53 Å². The van der Waals surface area contributed by atoms with E-state index in [1.54, 1.807) is 0 Å². The number of amides is 4. The molecule has 0 aliphatic heterocycles. The quantitative estimate of drug-likeness (QED) is 0.324. The van der Waals surface area contributed by atoms with E-state index in [1.165, 1.54) is 0 Å². The number of urea groups is 2. The fourth-order valence-electron chi connectivity index (χ4n) is 0.207. The first-order valence-electron chi connectivity index (χ1n) is 1.86. The lowest BCUT2D eigenvalue weighted by molar-refractivity contribution is 0.195. The van der Waals surface area contributed by atoms with Crippen LogP contribution >= 0.6 is 0 Å². The normalized spacial score (nSPS) is 8.00. The van der Waals surface area contributed by atoms with Crippen LogP contribution in [0.4, 0.5) is 9.59 Å². The van der Waals surface area contributed by atoms with Crippen molar-refractivity contribution in [3.63, 3.8) is 0 Å². The molecular weight excluding hydrogens is 126 g/mol. The van der Waals surface area contributed by atoms with Gasteiger partial charge < -0.3 is 11.5 Å². The van der Waals surface area contributed by atoms with Crippen molar-refractivity contribution in [3.8, 4) is 0 Å². The monoisotopic (exact) mass is 131 g/mol. The van der Waals surface area contributed by atoms with Gasteiger partial charge in [0.25, 0.3) is 0 Å². The molecule has 0 aromatic heterocycles. The van der Waals surface area contributed by atoms with E-state index in [4.69, 9.17) is 5.53 Å². The Morgan fingerprint density at radius 1 is 1.33 bits per heavy atom. The molecule has 7 heteroatoms. The number of carbonyl (C=O) groups excluding carboxylic acids is 2. The summed E-state index contributed by atoms with van der Waals surface area (Å²) >= 11 is 0. The average Bonchev–Trinajstić information content (AvgIpc) is 1.64. The lowest BCUT2D eigenvalue weighted by Gasteiger charge is -2.03. The minimum atomic E-state index is -1.17. The lowest BCUT2D eigenvalue weighted by Crippen LogP contribution is -2.39. The van der Waals surface area contributed by atoms with Gasteiger partial charge in [-0.05, 0) is 0 Å². The van der Waals surface area contributed by atoms with Gasteiger partial charge in [0.05, 0.1) is 0 Å². The SMILES string of the molecule is N=NN(C(N)=O)C(N)=O. The molecule has 0 unspecified atom stereocenters. The number of hydrogen-bond acceptors (Lipinski definition) is 4. The molecule has 0 aliphatic carbocycles. The second-order valence-corrected chi connectivity index (χ2v) is 1.09. The van der Waals surface area contributed by atoms with Gasteiger partial charge in [0.2, 0.25) is 0 Å². The first kappa shape index (κ1) is 7.34. The number of primary amides is 2. The largest absolute Gasteiger partial charge is 0.350 e. The van der Waals surface area contributed by atoms with Gasteiger partial charge in [-0.15, -0.1) is 5.01 Å². The fraction of sp³-hybridized carbons (Fsp3) is 0. The minimum Gasteiger partial charge on any atom is -0.350 e. The highest BCUT2D eigenvalue weighted by molar-refractivity contribution is 5.91. The third kappa shape index (κ3) is 1.72. The Morgan fingerprint density at radius 3 is 1.67 bits per heavy atom. The molecule has 0 saturated carbocycles. The van der Waals surface area contributed by atoms with Gasteiger partial charge in [0.15, 0.2) is 0 Å². The van der Waals surface area contributed by atoms with Crippen LogP contribution in [0.15, 0.2) is 5.22 Å².